The third-order valence-corrected chi connectivity index (χ3v) is 5.37. The van der Waals surface area contributed by atoms with Crippen molar-refractivity contribution in [3.63, 3.8) is 0 Å². The Hall–Kier alpha value is -1.00. The number of Topliss-reactive ketones (excluding diaryl/α,β-unsaturated/α-hetero) is 1. The van der Waals surface area contributed by atoms with Crippen molar-refractivity contribution >= 4 is 17.5 Å². The Morgan fingerprint density at radius 1 is 1.33 bits per heavy atom. The van der Waals surface area contributed by atoms with E-state index in [-0.39, 0.29) is 10.5 Å². The second-order valence-corrected chi connectivity index (χ2v) is 6.51. The molecule has 1 saturated heterocycles. The van der Waals surface area contributed by atoms with Gasteiger partial charge in [-0.2, -0.15) is 0 Å². The molecule has 2 aliphatic rings. The van der Waals surface area contributed by atoms with Crippen LogP contribution in [0.4, 0.5) is 0 Å². The third-order valence-electron chi connectivity index (χ3n) is 3.81. The number of piperidine rings is 1. The standard InChI is InChI=1S/C14H17NO2S/c1-17-10-2-3-13-11(8-10)12(16)9-14(18-13)4-6-15-7-5-14/h2-3,8,15H,4-7,9H2,1H3. The summed E-state index contributed by atoms with van der Waals surface area (Å²) in [6, 6.07) is 5.84. The number of thioether (sulfide) groups is 1. The van der Waals surface area contributed by atoms with Gasteiger partial charge in [0.25, 0.3) is 0 Å². The van der Waals surface area contributed by atoms with E-state index in [0.717, 1.165) is 42.1 Å². The Morgan fingerprint density at radius 2 is 2.11 bits per heavy atom. The number of benzene rings is 1. The van der Waals surface area contributed by atoms with Crippen LogP contribution in [-0.4, -0.2) is 30.7 Å². The zero-order valence-corrected chi connectivity index (χ0v) is 11.3. The molecule has 1 aromatic carbocycles. The lowest BCUT2D eigenvalue weighted by atomic mass is 9.89. The van der Waals surface area contributed by atoms with E-state index in [1.165, 1.54) is 0 Å². The molecule has 4 heteroatoms. The molecule has 18 heavy (non-hydrogen) atoms. The number of ketones is 1. The van der Waals surface area contributed by atoms with E-state index in [4.69, 9.17) is 4.74 Å². The number of carbonyl (C=O) groups excluding carboxylic acids is 1. The van der Waals surface area contributed by atoms with E-state index in [1.807, 2.05) is 30.0 Å². The van der Waals surface area contributed by atoms with Crippen molar-refractivity contribution in [2.45, 2.75) is 28.9 Å². The Kier molecular flexibility index (Phi) is 3.08. The average Bonchev–Trinajstić information content (AvgIpc) is 2.39. The highest BCUT2D eigenvalue weighted by atomic mass is 32.2. The highest BCUT2D eigenvalue weighted by molar-refractivity contribution is 8.01. The van der Waals surface area contributed by atoms with Crippen LogP contribution in [0.1, 0.15) is 29.6 Å². The van der Waals surface area contributed by atoms with Crippen LogP contribution < -0.4 is 10.1 Å². The van der Waals surface area contributed by atoms with Crippen molar-refractivity contribution in [3.8, 4) is 5.75 Å². The minimum Gasteiger partial charge on any atom is -0.497 e. The molecule has 3 rings (SSSR count). The molecule has 0 amide bonds. The summed E-state index contributed by atoms with van der Waals surface area (Å²) in [6.07, 6.45) is 2.82. The molecule has 0 aromatic heterocycles. The van der Waals surface area contributed by atoms with Crippen molar-refractivity contribution < 1.29 is 9.53 Å². The fourth-order valence-corrected chi connectivity index (χ4v) is 4.26. The zero-order valence-electron chi connectivity index (χ0n) is 10.5. The fourth-order valence-electron chi connectivity index (χ4n) is 2.76. The molecule has 1 N–H and O–H groups in total. The number of nitrogens with one attached hydrogen (secondary N) is 1. The molecule has 0 bridgehead atoms. The maximum atomic E-state index is 12.3. The molecule has 0 radical (unpaired) electrons. The molecule has 1 aromatic rings. The lowest BCUT2D eigenvalue weighted by Crippen LogP contribution is -2.42. The summed E-state index contributed by atoms with van der Waals surface area (Å²) in [5.74, 6) is 1.04. The van der Waals surface area contributed by atoms with Gasteiger partial charge in [-0.15, -0.1) is 11.8 Å². The Morgan fingerprint density at radius 3 is 2.83 bits per heavy atom. The van der Waals surface area contributed by atoms with Crippen molar-refractivity contribution in [2.75, 3.05) is 20.2 Å². The lowest BCUT2D eigenvalue weighted by Gasteiger charge is -2.39. The molecule has 2 aliphatic heterocycles. The molecular formula is C14H17NO2S. The Bertz CT molecular complexity index is 481. The highest BCUT2D eigenvalue weighted by Crippen LogP contribution is 2.48. The number of rotatable bonds is 1. The monoisotopic (exact) mass is 263 g/mol. The van der Waals surface area contributed by atoms with Crippen molar-refractivity contribution in [1.29, 1.82) is 0 Å². The van der Waals surface area contributed by atoms with E-state index < -0.39 is 0 Å². The molecule has 0 aliphatic carbocycles. The fraction of sp³-hybridized carbons (Fsp3) is 0.500. The third kappa shape index (κ3) is 2.04. The second-order valence-electron chi connectivity index (χ2n) is 5.00. The van der Waals surface area contributed by atoms with Gasteiger partial charge >= 0.3 is 0 Å². The van der Waals surface area contributed by atoms with Crippen LogP contribution >= 0.6 is 11.8 Å². The second kappa shape index (κ2) is 4.59. The first-order valence-corrected chi connectivity index (χ1v) is 7.15. The molecule has 2 heterocycles. The number of fused-ring (bicyclic) bond motifs is 1. The smallest absolute Gasteiger partial charge is 0.165 e. The molecule has 1 spiro atoms. The Balaban J connectivity index is 1.95. The normalized spacial score (nSPS) is 21.7. The average molecular weight is 263 g/mol. The molecular weight excluding hydrogens is 246 g/mol. The minimum absolute atomic E-state index is 0.129. The summed E-state index contributed by atoms with van der Waals surface area (Å²) >= 11 is 1.89. The van der Waals surface area contributed by atoms with E-state index in [0.29, 0.717) is 6.42 Å². The van der Waals surface area contributed by atoms with Crippen molar-refractivity contribution in [3.05, 3.63) is 23.8 Å². The van der Waals surface area contributed by atoms with Crippen LogP contribution in [0.25, 0.3) is 0 Å². The van der Waals surface area contributed by atoms with Gasteiger partial charge in [-0.1, -0.05) is 0 Å². The summed E-state index contributed by atoms with van der Waals surface area (Å²) < 4.78 is 5.32. The van der Waals surface area contributed by atoms with Crippen LogP contribution in [0.15, 0.2) is 23.1 Å². The van der Waals surface area contributed by atoms with Gasteiger partial charge in [-0.05, 0) is 44.1 Å². The molecule has 0 atom stereocenters. The number of methoxy groups -OCH3 is 1. The van der Waals surface area contributed by atoms with E-state index >= 15 is 0 Å². The highest BCUT2D eigenvalue weighted by Gasteiger charge is 2.40. The molecule has 3 nitrogen and oxygen atoms in total. The van der Waals surface area contributed by atoms with E-state index in [9.17, 15) is 4.79 Å². The quantitative estimate of drug-likeness (QED) is 0.845. The predicted molar refractivity (Wildman–Crippen MR) is 72.6 cm³/mol. The molecule has 96 valence electrons. The summed E-state index contributed by atoms with van der Waals surface area (Å²) in [7, 11) is 1.64. The van der Waals surface area contributed by atoms with Crippen LogP contribution in [0.5, 0.6) is 5.75 Å². The van der Waals surface area contributed by atoms with Gasteiger partial charge in [0, 0.05) is 21.6 Å². The van der Waals surface area contributed by atoms with Gasteiger partial charge in [-0.3, -0.25) is 4.79 Å². The number of ether oxygens (including phenoxy) is 1. The van der Waals surface area contributed by atoms with Crippen LogP contribution in [0.3, 0.4) is 0 Å². The summed E-state index contributed by atoms with van der Waals surface area (Å²) in [5.41, 5.74) is 0.837. The predicted octanol–water partition coefficient (Wildman–Crippen LogP) is 2.50. The molecule has 1 fully saturated rings. The minimum atomic E-state index is 0.129. The van der Waals surface area contributed by atoms with E-state index in [2.05, 4.69) is 5.32 Å². The largest absolute Gasteiger partial charge is 0.497 e. The van der Waals surface area contributed by atoms with Crippen molar-refractivity contribution in [2.24, 2.45) is 0 Å². The first-order chi connectivity index (χ1) is 8.72. The number of hydrogen-bond acceptors (Lipinski definition) is 4. The van der Waals surface area contributed by atoms with Gasteiger partial charge in [0.05, 0.1) is 7.11 Å². The number of carbonyl (C=O) groups is 1. The van der Waals surface area contributed by atoms with E-state index in [1.54, 1.807) is 7.11 Å². The van der Waals surface area contributed by atoms with Gasteiger partial charge in [0.1, 0.15) is 5.75 Å². The summed E-state index contributed by atoms with van der Waals surface area (Å²) in [6.45, 7) is 2.04. The summed E-state index contributed by atoms with van der Waals surface area (Å²) in [4.78, 5) is 13.5. The maximum Gasteiger partial charge on any atom is 0.165 e. The van der Waals surface area contributed by atoms with Crippen LogP contribution in [0.2, 0.25) is 0 Å². The van der Waals surface area contributed by atoms with Gasteiger partial charge in [0.15, 0.2) is 5.78 Å². The van der Waals surface area contributed by atoms with Crippen LogP contribution in [0, 0.1) is 0 Å². The lowest BCUT2D eigenvalue weighted by molar-refractivity contribution is 0.0955. The van der Waals surface area contributed by atoms with Gasteiger partial charge < -0.3 is 10.1 Å². The first kappa shape index (κ1) is 12.1. The topological polar surface area (TPSA) is 38.3 Å². The number of hydrogen-bond donors (Lipinski definition) is 1. The molecule has 0 saturated carbocycles. The SMILES string of the molecule is COc1ccc2c(c1)C(=O)CC1(CCNCC1)S2. The Labute approximate surface area is 111 Å². The maximum absolute atomic E-state index is 12.3. The first-order valence-electron chi connectivity index (χ1n) is 6.33. The van der Waals surface area contributed by atoms with Gasteiger partial charge in [-0.25, -0.2) is 0 Å². The summed E-state index contributed by atoms with van der Waals surface area (Å²) in [5, 5.41) is 3.37. The zero-order chi connectivity index (χ0) is 12.6. The van der Waals surface area contributed by atoms with Crippen LogP contribution in [-0.2, 0) is 0 Å². The van der Waals surface area contributed by atoms with Crippen molar-refractivity contribution in [1.82, 2.24) is 5.32 Å². The van der Waals surface area contributed by atoms with Gasteiger partial charge in [0.2, 0.25) is 0 Å². The molecule has 0 unspecified atom stereocenters.